The number of likely N-dealkylation sites (tertiary alicyclic amines) is 1. The van der Waals surface area contributed by atoms with Gasteiger partial charge >= 0.3 is 0 Å². The molecule has 2 aliphatic rings. The zero-order valence-electron chi connectivity index (χ0n) is 15.3. The highest BCUT2D eigenvalue weighted by molar-refractivity contribution is 5.85. The molecule has 6 nitrogen and oxygen atoms in total. The van der Waals surface area contributed by atoms with Crippen molar-refractivity contribution >= 4 is 30.6 Å². The monoisotopic (exact) mass is 410 g/mol. The highest BCUT2D eigenvalue weighted by Crippen LogP contribution is 2.35. The van der Waals surface area contributed by atoms with Gasteiger partial charge in [-0.3, -0.25) is 9.88 Å². The number of rotatable bonds is 5. The van der Waals surface area contributed by atoms with E-state index in [1.54, 1.807) is 6.33 Å². The quantitative estimate of drug-likeness (QED) is 0.788. The van der Waals surface area contributed by atoms with Gasteiger partial charge in [0.15, 0.2) is 0 Å². The third kappa shape index (κ3) is 5.75. The lowest BCUT2D eigenvalue weighted by Gasteiger charge is -2.33. The summed E-state index contributed by atoms with van der Waals surface area (Å²) in [4.78, 5) is 15.4. The highest BCUT2D eigenvalue weighted by Gasteiger charge is 2.28. The number of pyridine rings is 1. The van der Waals surface area contributed by atoms with Crippen LogP contribution in [0.15, 0.2) is 36.9 Å². The predicted octanol–water partition coefficient (Wildman–Crippen LogP) is 3.00. The van der Waals surface area contributed by atoms with Crippen LogP contribution in [0.1, 0.15) is 42.9 Å². The third-order valence-electron chi connectivity index (χ3n) is 5.38. The number of nitrogens with two attached hydrogens (primary N) is 1. The number of halogens is 2. The minimum Gasteiger partial charge on any atom is -0.367 e. The Hall–Kier alpha value is -1.47. The molecule has 1 saturated heterocycles. The summed E-state index contributed by atoms with van der Waals surface area (Å²) in [7, 11) is 0. The molecule has 1 saturated carbocycles. The van der Waals surface area contributed by atoms with Crippen molar-refractivity contribution in [2.75, 3.05) is 18.4 Å². The molecule has 27 heavy (non-hydrogen) atoms. The minimum atomic E-state index is 0. The molecular weight excluding hydrogens is 383 g/mol. The Labute approximate surface area is 173 Å². The van der Waals surface area contributed by atoms with E-state index in [2.05, 4.69) is 43.4 Å². The molecule has 0 spiro atoms. The zero-order valence-corrected chi connectivity index (χ0v) is 17.0. The van der Waals surface area contributed by atoms with Crippen LogP contribution in [0, 0.1) is 0 Å². The van der Waals surface area contributed by atoms with Gasteiger partial charge in [0, 0.05) is 61.8 Å². The van der Waals surface area contributed by atoms with Gasteiger partial charge in [0.1, 0.15) is 12.1 Å². The summed E-state index contributed by atoms with van der Waals surface area (Å²) in [5.74, 6) is 1.47. The van der Waals surface area contributed by atoms with Crippen molar-refractivity contribution in [3.63, 3.8) is 0 Å². The molecule has 2 aromatic heterocycles. The fraction of sp³-hybridized carbons (Fsp3) is 0.526. The number of hydrogen-bond donors (Lipinski definition) is 2. The standard InChI is InChI=1S/C19H26N6.2ClH/c20-16-9-15(10-16)18-11-19(23-13-22-18)24-17-3-7-25(8-4-17)12-14-1-5-21-6-2-14;;/h1-2,5-6,11,13,15-17H,3-4,7-10,12,20H2,(H,22,23,24);2*1H. The molecule has 0 unspecified atom stereocenters. The van der Waals surface area contributed by atoms with Crippen molar-refractivity contribution in [2.45, 2.75) is 50.2 Å². The van der Waals surface area contributed by atoms with Crippen molar-refractivity contribution < 1.29 is 0 Å². The van der Waals surface area contributed by atoms with Crippen molar-refractivity contribution in [3.05, 3.63) is 48.2 Å². The Kier molecular flexibility index (Phi) is 8.23. The number of nitrogens with zero attached hydrogens (tertiary/aromatic N) is 4. The average Bonchev–Trinajstić information content (AvgIpc) is 2.62. The largest absolute Gasteiger partial charge is 0.367 e. The van der Waals surface area contributed by atoms with Crippen molar-refractivity contribution in [1.82, 2.24) is 19.9 Å². The van der Waals surface area contributed by atoms with Crippen LogP contribution in [0.4, 0.5) is 5.82 Å². The summed E-state index contributed by atoms with van der Waals surface area (Å²) in [5, 5.41) is 3.60. The number of nitrogens with one attached hydrogen (secondary N) is 1. The Morgan fingerprint density at radius 1 is 1.07 bits per heavy atom. The van der Waals surface area contributed by atoms with E-state index in [4.69, 9.17) is 5.73 Å². The number of aromatic nitrogens is 3. The van der Waals surface area contributed by atoms with Gasteiger partial charge in [0.05, 0.1) is 0 Å². The van der Waals surface area contributed by atoms with E-state index in [0.29, 0.717) is 18.0 Å². The van der Waals surface area contributed by atoms with Gasteiger partial charge in [-0.05, 0) is 43.4 Å². The summed E-state index contributed by atoms with van der Waals surface area (Å²) in [6, 6.07) is 7.14. The fourth-order valence-electron chi connectivity index (χ4n) is 3.77. The van der Waals surface area contributed by atoms with Crippen molar-refractivity contribution in [1.29, 1.82) is 0 Å². The van der Waals surface area contributed by atoms with Crippen LogP contribution in [-0.4, -0.2) is 45.0 Å². The van der Waals surface area contributed by atoms with E-state index in [1.807, 2.05) is 12.4 Å². The maximum atomic E-state index is 5.89. The maximum Gasteiger partial charge on any atom is 0.129 e. The second-order valence-electron chi connectivity index (χ2n) is 7.31. The van der Waals surface area contributed by atoms with Gasteiger partial charge in [0.25, 0.3) is 0 Å². The molecule has 1 aliphatic heterocycles. The molecule has 0 bridgehead atoms. The van der Waals surface area contributed by atoms with Crippen LogP contribution in [0.3, 0.4) is 0 Å². The zero-order chi connectivity index (χ0) is 17.1. The molecule has 148 valence electrons. The molecule has 0 aromatic carbocycles. The molecule has 2 fully saturated rings. The van der Waals surface area contributed by atoms with Crippen LogP contribution in [0.5, 0.6) is 0 Å². The molecule has 8 heteroatoms. The lowest BCUT2D eigenvalue weighted by atomic mass is 9.78. The molecule has 0 radical (unpaired) electrons. The Morgan fingerprint density at radius 2 is 1.78 bits per heavy atom. The van der Waals surface area contributed by atoms with Gasteiger partial charge in [-0.2, -0.15) is 0 Å². The second kappa shape index (κ2) is 10.2. The van der Waals surface area contributed by atoms with Gasteiger partial charge < -0.3 is 11.1 Å². The van der Waals surface area contributed by atoms with Crippen LogP contribution < -0.4 is 11.1 Å². The summed E-state index contributed by atoms with van der Waals surface area (Å²) < 4.78 is 0. The van der Waals surface area contributed by atoms with E-state index >= 15 is 0 Å². The Bertz CT molecular complexity index is 688. The molecule has 3 heterocycles. The first-order valence-electron chi connectivity index (χ1n) is 9.21. The smallest absolute Gasteiger partial charge is 0.129 e. The van der Waals surface area contributed by atoms with E-state index < -0.39 is 0 Å². The lowest BCUT2D eigenvalue weighted by Crippen LogP contribution is -2.39. The normalized spacial score (nSPS) is 22.9. The summed E-state index contributed by atoms with van der Waals surface area (Å²) in [5.41, 5.74) is 8.36. The first-order valence-corrected chi connectivity index (χ1v) is 9.21. The van der Waals surface area contributed by atoms with E-state index in [9.17, 15) is 0 Å². The molecule has 0 amide bonds. The molecule has 0 atom stereocenters. The van der Waals surface area contributed by atoms with Crippen LogP contribution in [-0.2, 0) is 6.54 Å². The van der Waals surface area contributed by atoms with Crippen LogP contribution in [0.2, 0.25) is 0 Å². The van der Waals surface area contributed by atoms with Gasteiger partial charge in [-0.1, -0.05) is 0 Å². The van der Waals surface area contributed by atoms with E-state index in [0.717, 1.165) is 56.8 Å². The lowest BCUT2D eigenvalue weighted by molar-refractivity contribution is 0.211. The van der Waals surface area contributed by atoms with Gasteiger partial charge in [-0.25, -0.2) is 9.97 Å². The van der Waals surface area contributed by atoms with Crippen LogP contribution >= 0.6 is 24.8 Å². The molecule has 3 N–H and O–H groups in total. The van der Waals surface area contributed by atoms with Gasteiger partial charge in [-0.15, -0.1) is 24.8 Å². The fourth-order valence-corrected chi connectivity index (χ4v) is 3.77. The molecule has 2 aromatic rings. The molecule has 4 rings (SSSR count). The summed E-state index contributed by atoms with van der Waals surface area (Å²) >= 11 is 0. The van der Waals surface area contributed by atoms with E-state index in [1.165, 1.54) is 5.56 Å². The molecular formula is C19H28Cl2N6. The Morgan fingerprint density at radius 3 is 2.44 bits per heavy atom. The van der Waals surface area contributed by atoms with Crippen LogP contribution in [0.25, 0.3) is 0 Å². The van der Waals surface area contributed by atoms with Crippen molar-refractivity contribution in [2.24, 2.45) is 5.73 Å². The number of piperidine rings is 1. The first kappa shape index (κ1) is 21.8. The molecule has 1 aliphatic carbocycles. The van der Waals surface area contributed by atoms with Crippen molar-refractivity contribution in [3.8, 4) is 0 Å². The summed E-state index contributed by atoms with van der Waals surface area (Å²) in [6.45, 7) is 3.22. The number of anilines is 1. The second-order valence-corrected chi connectivity index (χ2v) is 7.31. The average molecular weight is 411 g/mol. The van der Waals surface area contributed by atoms with E-state index in [-0.39, 0.29) is 24.8 Å². The minimum absolute atomic E-state index is 0. The highest BCUT2D eigenvalue weighted by atomic mass is 35.5. The first-order chi connectivity index (χ1) is 12.3. The Balaban J connectivity index is 0.00000131. The summed E-state index contributed by atoms with van der Waals surface area (Å²) in [6.07, 6.45) is 9.78. The number of hydrogen-bond acceptors (Lipinski definition) is 6. The van der Waals surface area contributed by atoms with Gasteiger partial charge in [0.2, 0.25) is 0 Å². The third-order valence-corrected chi connectivity index (χ3v) is 5.38. The topological polar surface area (TPSA) is 80.0 Å². The maximum absolute atomic E-state index is 5.89. The SMILES string of the molecule is Cl.Cl.NC1CC(c2cc(NC3CCN(Cc4ccncc4)CC3)ncn2)C1. The predicted molar refractivity (Wildman–Crippen MR) is 113 cm³/mol.